The number of ether oxygens (including phenoxy) is 1. The molecule has 0 amide bonds. The van der Waals surface area contributed by atoms with Gasteiger partial charge in [0.1, 0.15) is 5.52 Å². The van der Waals surface area contributed by atoms with E-state index in [0.717, 1.165) is 8.14 Å². The van der Waals surface area contributed by atoms with Gasteiger partial charge in [-0.15, -0.1) is 0 Å². The van der Waals surface area contributed by atoms with Crippen molar-refractivity contribution in [1.29, 1.82) is 0 Å². The van der Waals surface area contributed by atoms with Crippen LogP contribution in [-0.2, 0) is 0 Å². The van der Waals surface area contributed by atoms with Crippen molar-refractivity contribution >= 4 is 39.7 Å². The highest BCUT2D eigenvalue weighted by atomic mass is 127. The zero-order chi connectivity index (χ0) is 11.0. The molecule has 0 spiro atoms. The van der Waals surface area contributed by atoms with Crippen LogP contribution in [0.15, 0.2) is 18.3 Å². The van der Waals surface area contributed by atoms with Crippen LogP contribution in [0.25, 0.3) is 11.0 Å². The van der Waals surface area contributed by atoms with E-state index in [-0.39, 0.29) is 0 Å². The summed E-state index contributed by atoms with van der Waals surface area (Å²) in [5.74, 6) is 0.476. The van der Waals surface area contributed by atoms with Gasteiger partial charge in [0.2, 0.25) is 5.88 Å². The van der Waals surface area contributed by atoms with Crippen LogP contribution in [0, 0.1) is 3.57 Å². The van der Waals surface area contributed by atoms with Gasteiger partial charge in [-0.1, -0.05) is 0 Å². The third kappa shape index (κ3) is 1.65. The normalized spacial score (nSPS) is 10.5. The minimum Gasteiger partial charge on any atom is -0.481 e. The molecule has 0 radical (unpaired) electrons. The van der Waals surface area contributed by atoms with Gasteiger partial charge in [0.15, 0.2) is 0 Å². The predicted molar refractivity (Wildman–Crippen MR) is 62.4 cm³/mol. The molecule has 5 nitrogen and oxygen atoms in total. The molecule has 0 bridgehead atoms. The molecule has 2 aromatic rings. The second-order valence-corrected chi connectivity index (χ2v) is 4.01. The molecular weight excluding hydrogens is 311 g/mol. The molecule has 2 aromatic heterocycles. The van der Waals surface area contributed by atoms with Crippen molar-refractivity contribution in [2.75, 3.05) is 7.11 Å². The first-order valence-corrected chi connectivity index (χ1v) is 5.16. The monoisotopic (exact) mass is 318 g/mol. The maximum Gasteiger partial charge on any atom is 0.416 e. The lowest BCUT2D eigenvalue weighted by Gasteiger charge is -1.99. The molecule has 0 aliphatic carbocycles. The molecule has 78 valence electrons. The summed E-state index contributed by atoms with van der Waals surface area (Å²) in [6.45, 7) is 0. The van der Waals surface area contributed by atoms with Gasteiger partial charge in [0.05, 0.1) is 16.2 Å². The van der Waals surface area contributed by atoms with Crippen LogP contribution < -0.4 is 4.74 Å². The summed E-state index contributed by atoms with van der Waals surface area (Å²) in [4.78, 5) is 15.1. The minimum absolute atomic E-state index is 0.476. The van der Waals surface area contributed by atoms with Gasteiger partial charge < -0.3 is 9.84 Å². The van der Waals surface area contributed by atoms with Crippen LogP contribution in [0.1, 0.15) is 0 Å². The molecule has 1 N–H and O–H groups in total. The highest BCUT2D eigenvalue weighted by molar-refractivity contribution is 14.1. The molecule has 0 saturated carbocycles. The predicted octanol–water partition coefficient (Wildman–Crippen LogP) is 2.18. The van der Waals surface area contributed by atoms with Crippen molar-refractivity contribution in [2.24, 2.45) is 0 Å². The highest BCUT2D eigenvalue weighted by Crippen LogP contribution is 2.23. The number of hydrogen-bond acceptors (Lipinski definition) is 3. The fourth-order valence-electron chi connectivity index (χ4n) is 1.32. The summed E-state index contributed by atoms with van der Waals surface area (Å²) >= 11 is 2.04. The third-order valence-electron chi connectivity index (χ3n) is 1.99. The number of halogens is 1. The average Bonchev–Trinajstić information content (AvgIpc) is 2.56. The first kappa shape index (κ1) is 10.2. The van der Waals surface area contributed by atoms with Gasteiger partial charge in [0, 0.05) is 12.3 Å². The molecule has 0 saturated heterocycles. The third-order valence-corrected chi connectivity index (χ3v) is 2.78. The Balaban J connectivity index is 2.75. The average molecular weight is 318 g/mol. The van der Waals surface area contributed by atoms with Gasteiger partial charge in [-0.3, -0.25) is 0 Å². The molecule has 2 heterocycles. The van der Waals surface area contributed by atoms with E-state index >= 15 is 0 Å². The maximum absolute atomic E-state index is 10.9. The largest absolute Gasteiger partial charge is 0.481 e. The summed E-state index contributed by atoms with van der Waals surface area (Å²) < 4.78 is 6.90. The van der Waals surface area contributed by atoms with E-state index in [9.17, 15) is 4.79 Å². The van der Waals surface area contributed by atoms with Crippen molar-refractivity contribution in [2.45, 2.75) is 0 Å². The van der Waals surface area contributed by atoms with Crippen molar-refractivity contribution in [1.82, 2.24) is 9.55 Å². The SMILES string of the molecule is COc1ccc2c(n1)c(I)cn2C(=O)O. The Labute approximate surface area is 98.8 Å². The van der Waals surface area contributed by atoms with Crippen LogP contribution in [0.2, 0.25) is 0 Å². The Kier molecular flexibility index (Phi) is 2.51. The summed E-state index contributed by atoms with van der Waals surface area (Å²) in [7, 11) is 1.52. The van der Waals surface area contributed by atoms with Crippen molar-refractivity contribution < 1.29 is 14.6 Å². The highest BCUT2D eigenvalue weighted by Gasteiger charge is 2.12. The number of fused-ring (bicyclic) bond motifs is 1. The number of rotatable bonds is 1. The number of methoxy groups -OCH3 is 1. The summed E-state index contributed by atoms with van der Waals surface area (Å²) in [5, 5.41) is 8.92. The van der Waals surface area contributed by atoms with Gasteiger partial charge in [-0.05, 0) is 28.7 Å². The van der Waals surface area contributed by atoms with Crippen molar-refractivity contribution in [3.63, 3.8) is 0 Å². The van der Waals surface area contributed by atoms with Crippen LogP contribution in [0.4, 0.5) is 4.79 Å². The van der Waals surface area contributed by atoms with E-state index in [1.54, 1.807) is 12.1 Å². The first-order chi connectivity index (χ1) is 7.13. The van der Waals surface area contributed by atoms with E-state index < -0.39 is 6.09 Å². The standard InChI is InChI=1S/C9H7IN2O3/c1-15-7-3-2-6-8(11-7)5(10)4-12(6)9(13)14/h2-4H,1H3,(H,13,14). The zero-order valence-electron chi connectivity index (χ0n) is 7.77. The lowest BCUT2D eigenvalue weighted by atomic mass is 10.4. The number of pyridine rings is 1. The van der Waals surface area contributed by atoms with Crippen LogP contribution in [0.5, 0.6) is 5.88 Å². The number of carboxylic acid groups (broad SMARTS) is 1. The van der Waals surface area contributed by atoms with E-state index in [4.69, 9.17) is 9.84 Å². The topological polar surface area (TPSA) is 64.4 Å². The molecule has 0 atom stereocenters. The zero-order valence-corrected chi connectivity index (χ0v) is 9.93. The molecule has 15 heavy (non-hydrogen) atoms. The Morgan fingerprint density at radius 1 is 1.60 bits per heavy atom. The van der Waals surface area contributed by atoms with Crippen molar-refractivity contribution in [3.05, 3.63) is 21.9 Å². The summed E-state index contributed by atoms with van der Waals surface area (Å²) in [6, 6.07) is 3.31. The van der Waals surface area contributed by atoms with Crippen LogP contribution in [-0.4, -0.2) is 27.9 Å². The van der Waals surface area contributed by atoms with E-state index in [2.05, 4.69) is 4.98 Å². The summed E-state index contributed by atoms with van der Waals surface area (Å²) in [6.07, 6.45) is 0.509. The molecular formula is C9H7IN2O3. The van der Waals surface area contributed by atoms with Gasteiger partial charge >= 0.3 is 6.09 Å². The van der Waals surface area contributed by atoms with Crippen molar-refractivity contribution in [3.8, 4) is 5.88 Å². The molecule has 0 aromatic carbocycles. The van der Waals surface area contributed by atoms with Crippen LogP contribution in [0.3, 0.4) is 0 Å². The smallest absolute Gasteiger partial charge is 0.416 e. The van der Waals surface area contributed by atoms with Crippen LogP contribution >= 0.6 is 22.6 Å². The minimum atomic E-state index is -1.02. The number of hydrogen-bond donors (Lipinski definition) is 1. The molecule has 0 fully saturated rings. The molecule has 0 aliphatic rings. The van der Waals surface area contributed by atoms with Gasteiger partial charge in [-0.2, -0.15) is 0 Å². The second-order valence-electron chi connectivity index (χ2n) is 2.85. The summed E-state index contributed by atoms with van der Waals surface area (Å²) in [5.41, 5.74) is 1.20. The lowest BCUT2D eigenvalue weighted by Crippen LogP contribution is -2.05. The second kappa shape index (κ2) is 3.69. The van der Waals surface area contributed by atoms with E-state index in [0.29, 0.717) is 16.9 Å². The van der Waals surface area contributed by atoms with Gasteiger partial charge in [0.25, 0.3) is 0 Å². The first-order valence-electron chi connectivity index (χ1n) is 4.08. The molecule has 0 aliphatic heterocycles. The number of aromatic nitrogens is 2. The Morgan fingerprint density at radius 3 is 2.93 bits per heavy atom. The van der Waals surface area contributed by atoms with Gasteiger partial charge in [-0.25, -0.2) is 14.3 Å². The number of carbonyl (C=O) groups is 1. The Morgan fingerprint density at radius 2 is 2.33 bits per heavy atom. The Hall–Kier alpha value is -1.31. The fraction of sp³-hybridized carbons (Fsp3) is 0.111. The molecule has 2 rings (SSSR count). The number of nitrogens with zero attached hydrogens (tertiary/aromatic N) is 2. The maximum atomic E-state index is 10.9. The fourth-order valence-corrected chi connectivity index (χ4v) is 2.00. The lowest BCUT2D eigenvalue weighted by molar-refractivity contribution is 0.197. The Bertz CT molecular complexity index is 535. The molecule has 0 unspecified atom stereocenters. The van der Waals surface area contributed by atoms with E-state index in [1.165, 1.54) is 13.3 Å². The quantitative estimate of drug-likeness (QED) is 0.819. The molecule has 6 heteroatoms. The van der Waals surface area contributed by atoms with E-state index in [1.807, 2.05) is 22.6 Å².